The summed E-state index contributed by atoms with van der Waals surface area (Å²) in [6.07, 6.45) is 2.27. The van der Waals surface area contributed by atoms with E-state index in [4.69, 9.17) is 0 Å². The number of aliphatic imine (C=N–C) groups is 1. The third-order valence-electron chi connectivity index (χ3n) is 6.01. The van der Waals surface area contributed by atoms with E-state index < -0.39 is 17.5 Å². The van der Waals surface area contributed by atoms with Gasteiger partial charge >= 0.3 is 11.9 Å². The molecule has 0 saturated carbocycles. The number of likely N-dealkylation sites (N-methyl/N-ethyl adjacent to an activating group) is 2. The third-order valence-corrected chi connectivity index (χ3v) is 6.01. The minimum absolute atomic E-state index is 0.0451. The number of piperidine rings is 1. The van der Waals surface area contributed by atoms with Crippen molar-refractivity contribution in [2.75, 3.05) is 40.3 Å². The van der Waals surface area contributed by atoms with Crippen LogP contribution < -0.4 is 0 Å². The average molecular weight is 391 g/mol. The van der Waals surface area contributed by atoms with Gasteiger partial charge in [-0.15, -0.1) is 0 Å². The molecule has 0 spiro atoms. The van der Waals surface area contributed by atoms with E-state index in [-0.39, 0.29) is 18.2 Å². The molecule has 3 aliphatic heterocycles. The number of fused-ring (bicyclic) bond motifs is 1. The van der Waals surface area contributed by atoms with Gasteiger partial charge < -0.3 is 0 Å². The number of carbonyl (C=O) groups is 3. The fourth-order valence-corrected chi connectivity index (χ4v) is 3.77. The van der Waals surface area contributed by atoms with Gasteiger partial charge in [-0.1, -0.05) is 27.7 Å². The molecule has 2 fully saturated rings. The summed E-state index contributed by atoms with van der Waals surface area (Å²) in [6, 6.07) is -1.10. The van der Waals surface area contributed by atoms with E-state index in [0.29, 0.717) is 18.2 Å². The molecule has 0 aromatic rings. The lowest BCUT2D eigenvalue weighted by Gasteiger charge is -2.31. The van der Waals surface area contributed by atoms with Gasteiger partial charge in [-0.25, -0.2) is 9.37 Å². The maximum Gasteiger partial charge on any atom is 0.333 e. The number of rotatable bonds is 4. The van der Waals surface area contributed by atoms with Gasteiger partial charge in [0.15, 0.2) is 5.78 Å². The standard InChI is InChI=1S/C20H32N5O3/c1-13-7-9-24(10-8-13)12-15-21-17-16(18(27)23(6)19(28)22(17)5)25(15)11-14(26)20(2,3)4/h13,16H,7-12H2,1-6H3/q+1. The molecule has 3 amide bonds. The zero-order valence-corrected chi connectivity index (χ0v) is 17.9. The molecule has 0 bridgehead atoms. The number of carbonyl (C=O) groups excluding carboxylic acids is 3. The Labute approximate surface area is 166 Å². The quantitative estimate of drug-likeness (QED) is 0.673. The van der Waals surface area contributed by atoms with Gasteiger partial charge in [0.05, 0.1) is 0 Å². The number of hydrogen-bond acceptors (Lipinski definition) is 5. The number of Topliss-reactive ketones (excluding diaryl/α,β-unsaturated/α-hetero) is 1. The van der Waals surface area contributed by atoms with E-state index in [0.717, 1.165) is 36.7 Å². The molecule has 0 aliphatic carbocycles. The van der Waals surface area contributed by atoms with Gasteiger partial charge in [-0.05, 0) is 36.8 Å². The first kappa shape index (κ1) is 20.6. The molecule has 3 aliphatic rings. The summed E-state index contributed by atoms with van der Waals surface area (Å²) in [5, 5.41) is 0. The third kappa shape index (κ3) is 3.74. The largest absolute Gasteiger partial charge is 0.333 e. The summed E-state index contributed by atoms with van der Waals surface area (Å²) < 4.78 is 1.81. The lowest BCUT2D eigenvalue weighted by Crippen LogP contribution is -2.62. The monoisotopic (exact) mass is 390 g/mol. The van der Waals surface area contributed by atoms with E-state index in [1.807, 2.05) is 25.3 Å². The number of ketones is 1. The predicted molar refractivity (Wildman–Crippen MR) is 107 cm³/mol. The molecule has 0 N–H and O–H groups in total. The molecule has 8 nitrogen and oxygen atoms in total. The fourth-order valence-electron chi connectivity index (χ4n) is 3.77. The van der Waals surface area contributed by atoms with Gasteiger partial charge in [-0.2, -0.15) is 0 Å². The summed E-state index contributed by atoms with van der Waals surface area (Å²) in [5.41, 5.74) is -0.514. The highest BCUT2D eigenvalue weighted by Crippen LogP contribution is 2.23. The van der Waals surface area contributed by atoms with Crippen molar-refractivity contribution >= 4 is 29.4 Å². The molecule has 0 aromatic heterocycles. The Bertz CT molecular complexity index is 756. The Morgan fingerprint density at radius 3 is 2.32 bits per heavy atom. The van der Waals surface area contributed by atoms with Crippen LogP contribution in [-0.2, 0) is 9.59 Å². The van der Waals surface area contributed by atoms with Gasteiger partial charge in [0.2, 0.25) is 0 Å². The average Bonchev–Trinajstić information content (AvgIpc) is 2.97. The van der Waals surface area contributed by atoms with E-state index in [9.17, 15) is 14.4 Å². The first-order chi connectivity index (χ1) is 13.0. The molecule has 1 unspecified atom stereocenters. The van der Waals surface area contributed by atoms with Crippen LogP contribution in [0.5, 0.6) is 0 Å². The van der Waals surface area contributed by atoms with Gasteiger partial charge in [-0.3, -0.25) is 24.3 Å². The Hall–Kier alpha value is -2.09. The van der Waals surface area contributed by atoms with Crippen molar-refractivity contribution in [2.24, 2.45) is 16.3 Å². The molecule has 154 valence electrons. The summed E-state index contributed by atoms with van der Waals surface area (Å²) in [4.78, 5) is 47.6. The lowest BCUT2D eigenvalue weighted by molar-refractivity contribution is -0.525. The minimum atomic E-state index is -0.710. The van der Waals surface area contributed by atoms with Gasteiger partial charge in [0.1, 0.15) is 13.1 Å². The molecule has 3 heterocycles. The Morgan fingerprint density at radius 1 is 1.14 bits per heavy atom. The highest BCUT2D eigenvalue weighted by Gasteiger charge is 2.53. The number of amidine groups is 2. The highest BCUT2D eigenvalue weighted by molar-refractivity contribution is 6.23. The second-order valence-electron chi connectivity index (χ2n) is 9.29. The SMILES string of the molecule is CC1CCN(CC2=[N+](CC(=O)C(C)(C)C)C3C(=O)N(C)C(=O)N(C)C3=N2)CC1. The van der Waals surface area contributed by atoms with Crippen LogP contribution in [0.2, 0.25) is 0 Å². The predicted octanol–water partition coefficient (Wildman–Crippen LogP) is 1.05. The van der Waals surface area contributed by atoms with Crippen molar-refractivity contribution in [2.45, 2.75) is 46.6 Å². The molecule has 1 atom stereocenters. The summed E-state index contributed by atoms with van der Waals surface area (Å²) in [7, 11) is 3.11. The van der Waals surface area contributed by atoms with Crippen LogP contribution in [0.15, 0.2) is 4.99 Å². The Morgan fingerprint density at radius 2 is 1.75 bits per heavy atom. The van der Waals surface area contributed by atoms with E-state index in [2.05, 4.69) is 16.8 Å². The van der Waals surface area contributed by atoms with Crippen molar-refractivity contribution in [3.8, 4) is 0 Å². The molecule has 0 radical (unpaired) electrons. The van der Waals surface area contributed by atoms with Crippen molar-refractivity contribution in [1.82, 2.24) is 14.7 Å². The number of amides is 3. The number of urea groups is 1. The molecular formula is C20H32N5O3+. The summed E-state index contributed by atoms with van der Waals surface area (Å²) >= 11 is 0. The normalized spacial score (nSPS) is 24.8. The lowest BCUT2D eigenvalue weighted by atomic mass is 9.90. The van der Waals surface area contributed by atoms with Crippen molar-refractivity contribution in [1.29, 1.82) is 0 Å². The summed E-state index contributed by atoms with van der Waals surface area (Å²) in [5.74, 6) is 1.57. The second kappa shape index (κ2) is 7.39. The van der Waals surface area contributed by atoms with Crippen LogP contribution in [0.25, 0.3) is 0 Å². The van der Waals surface area contributed by atoms with E-state index in [1.54, 1.807) is 7.05 Å². The Kier molecular flexibility index (Phi) is 5.44. The van der Waals surface area contributed by atoms with Crippen LogP contribution >= 0.6 is 0 Å². The van der Waals surface area contributed by atoms with Crippen LogP contribution in [-0.4, -0.2) is 95.0 Å². The first-order valence-electron chi connectivity index (χ1n) is 10.0. The van der Waals surface area contributed by atoms with Crippen molar-refractivity contribution < 1.29 is 19.0 Å². The molecular weight excluding hydrogens is 358 g/mol. The number of likely N-dealkylation sites (tertiary alicyclic amines) is 1. The van der Waals surface area contributed by atoms with Crippen LogP contribution in [0.4, 0.5) is 4.79 Å². The topological polar surface area (TPSA) is 76.3 Å². The maximum absolute atomic E-state index is 12.9. The second-order valence-corrected chi connectivity index (χ2v) is 9.29. The number of imide groups is 1. The summed E-state index contributed by atoms with van der Waals surface area (Å²) in [6.45, 7) is 10.5. The number of nitrogens with zero attached hydrogens (tertiary/aromatic N) is 5. The molecule has 2 saturated heterocycles. The first-order valence-corrected chi connectivity index (χ1v) is 10.0. The Balaban J connectivity index is 1.94. The van der Waals surface area contributed by atoms with Crippen LogP contribution in [0, 0.1) is 11.3 Å². The van der Waals surface area contributed by atoms with Gasteiger partial charge in [0, 0.05) is 19.5 Å². The van der Waals surface area contributed by atoms with Crippen LogP contribution in [0.1, 0.15) is 40.5 Å². The van der Waals surface area contributed by atoms with Crippen molar-refractivity contribution in [3.63, 3.8) is 0 Å². The zero-order chi connectivity index (χ0) is 20.8. The van der Waals surface area contributed by atoms with Crippen LogP contribution in [0.3, 0.4) is 0 Å². The smallest absolute Gasteiger partial charge is 0.295 e. The highest BCUT2D eigenvalue weighted by atomic mass is 16.2. The van der Waals surface area contributed by atoms with E-state index in [1.165, 1.54) is 11.9 Å². The van der Waals surface area contributed by atoms with Crippen molar-refractivity contribution in [3.05, 3.63) is 0 Å². The minimum Gasteiger partial charge on any atom is -0.295 e. The molecule has 0 aromatic carbocycles. The molecule has 8 heteroatoms. The van der Waals surface area contributed by atoms with E-state index >= 15 is 0 Å². The molecule has 3 rings (SSSR count). The van der Waals surface area contributed by atoms with Gasteiger partial charge in [0.25, 0.3) is 17.8 Å². The zero-order valence-electron chi connectivity index (χ0n) is 17.9. The number of hydrogen-bond donors (Lipinski definition) is 0. The fraction of sp³-hybridized carbons (Fsp3) is 0.750. The molecule has 28 heavy (non-hydrogen) atoms. The maximum atomic E-state index is 12.9.